The number of hydrogen-bond donors (Lipinski definition) is 2. The van der Waals surface area contributed by atoms with Crippen molar-refractivity contribution in [2.24, 2.45) is 0 Å². The number of ketones is 2. The molecule has 0 aliphatic heterocycles. The monoisotopic (exact) mass is 610 g/mol. The van der Waals surface area contributed by atoms with Crippen LogP contribution in [0, 0.1) is 0 Å². The highest BCUT2D eigenvalue weighted by Gasteiger charge is 2.37. The molecular formula is C36H34O9. The van der Waals surface area contributed by atoms with Crippen LogP contribution in [0.5, 0.6) is 23.0 Å². The van der Waals surface area contributed by atoms with E-state index in [1.54, 1.807) is 36.4 Å². The minimum Gasteiger partial charge on any atom is -0.504 e. The number of aromatic hydroxyl groups is 2. The molecule has 0 aliphatic carbocycles. The van der Waals surface area contributed by atoms with Gasteiger partial charge in [-0.25, -0.2) is 9.59 Å². The zero-order valence-electron chi connectivity index (χ0n) is 25.1. The van der Waals surface area contributed by atoms with E-state index >= 15 is 0 Å². The summed E-state index contributed by atoms with van der Waals surface area (Å²) in [5.41, 5.74) is -1.76. The lowest BCUT2D eigenvalue weighted by molar-refractivity contribution is 0.0489. The summed E-state index contributed by atoms with van der Waals surface area (Å²) in [6.07, 6.45) is 4.29. The highest BCUT2D eigenvalue weighted by atomic mass is 16.5. The van der Waals surface area contributed by atoms with Crippen molar-refractivity contribution in [3.05, 3.63) is 118 Å². The van der Waals surface area contributed by atoms with Crippen LogP contribution in [0.1, 0.15) is 91.6 Å². The van der Waals surface area contributed by atoms with Gasteiger partial charge < -0.3 is 24.4 Å². The molecule has 4 rings (SSSR count). The summed E-state index contributed by atoms with van der Waals surface area (Å²) < 4.78 is 16.2. The molecular weight excluding hydrogens is 576 g/mol. The van der Waals surface area contributed by atoms with Gasteiger partial charge in [0, 0.05) is 11.1 Å². The summed E-state index contributed by atoms with van der Waals surface area (Å²) in [6.45, 7) is 2.05. The first-order valence-corrected chi connectivity index (χ1v) is 14.6. The second-order valence-electron chi connectivity index (χ2n) is 10.2. The summed E-state index contributed by atoms with van der Waals surface area (Å²) in [7, 11) is 1.45. The molecule has 4 aromatic rings. The lowest BCUT2D eigenvalue weighted by Gasteiger charge is -2.20. The van der Waals surface area contributed by atoms with Crippen molar-refractivity contribution in [3.63, 3.8) is 0 Å². The molecule has 0 saturated heterocycles. The Hall–Kier alpha value is -5.44. The molecule has 45 heavy (non-hydrogen) atoms. The van der Waals surface area contributed by atoms with Gasteiger partial charge >= 0.3 is 11.9 Å². The van der Waals surface area contributed by atoms with E-state index in [0.717, 1.165) is 25.7 Å². The fourth-order valence-electron chi connectivity index (χ4n) is 4.73. The van der Waals surface area contributed by atoms with Crippen molar-refractivity contribution in [1.29, 1.82) is 0 Å². The number of esters is 2. The van der Waals surface area contributed by atoms with Gasteiger partial charge in [0.1, 0.15) is 5.75 Å². The molecule has 9 nitrogen and oxygen atoms in total. The number of rotatable bonds is 14. The van der Waals surface area contributed by atoms with E-state index in [2.05, 4.69) is 6.92 Å². The highest BCUT2D eigenvalue weighted by Crippen LogP contribution is 2.46. The molecule has 0 unspecified atom stereocenters. The summed E-state index contributed by atoms with van der Waals surface area (Å²) >= 11 is 0. The Balaban J connectivity index is 1.94. The smallest absolute Gasteiger partial charge is 0.343 e. The van der Waals surface area contributed by atoms with E-state index in [1.165, 1.54) is 55.6 Å². The number of hydrogen-bond acceptors (Lipinski definition) is 9. The second-order valence-corrected chi connectivity index (χ2v) is 10.2. The van der Waals surface area contributed by atoms with E-state index in [9.17, 15) is 29.4 Å². The molecule has 0 aliphatic rings. The van der Waals surface area contributed by atoms with Crippen LogP contribution in [-0.4, -0.2) is 47.4 Å². The van der Waals surface area contributed by atoms with Gasteiger partial charge in [-0.05, 0) is 42.8 Å². The Morgan fingerprint density at radius 2 is 1.16 bits per heavy atom. The SMILES string of the molecule is CCCCCCCOC(=O)c1c(C(=O)c2ccccc2)c(O)c(O)c(OC(=O)c2ccccc2)c1C(=O)c1ccc(OC)cc1. The van der Waals surface area contributed by atoms with E-state index in [-0.39, 0.29) is 23.3 Å². The summed E-state index contributed by atoms with van der Waals surface area (Å²) in [5, 5.41) is 22.5. The molecule has 9 heteroatoms. The standard InChI is InChI=1S/C36H34O9/c1-3-4-5-6-13-22-44-36(42)27-28(30(37)23-14-9-7-10-15-23)32(39)33(40)34(45-35(41)25-16-11-8-12-17-25)29(27)31(38)24-18-20-26(43-2)21-19-24/h7-12,14-21,39-40H,3-6,13,22H2,1-2H3. The summed E-state index contributed by atoms with van der Waals surface area (Å²) in [6, 6.07) is 21.3. The van der Waals surface area contributed by atoms with Crippen molar-refractivity contribution < 1.29 is 43.6 Å². The molecule has 0 fully saturated rings. The minimum atomic E-state index is -1.10. The Morgan fingerprint density at radius 1 is 0.600 bits per heavy atom. The first-order valence-electron chi connectivity index (χ1n) is 14.6. The van der Waals surface area contributed by atoms with Crippen LogP contribution < -0.4 is 9.47 Å². The molecule has 0 saturated carbocycles. The summed E-state index contributed by atoms with van der Waals surface area (Å²) in [5.74, 6) is -6.27. The van der Waals surface area contributed by atoms with E-state index < -0.39 is 57.4 Å². The molecule has 232 valence electrons. The predicted molar refractivity (Wildman–Crippen MR) is 167 cm³/mol. The van der Waals surface area contributed by atoms with Gasteiger partial charge in [0.2, 0.25) is 5.75 Å². The van der Waals surface area contributed by atoms with Gasteiger partial charge in [0.25, 0.3) is 0 Å². The van der Waals surface area contributed by atoms with E-state index in [1.807, 2.05) is 0 Å². The first kappa shape index (κ1) is 32.5. The molecule has 0 radical (unpaired) electrons. The van der Waals surface area contributed by atoms with Crippen molar-refractivity contribution in [2.75, 3.05) is 13.7 Å². The number of phenolic OH excluding ortho intramolecular Hbond substituents is 2. The third-order valence-electron chi connectivity index (χ3n) is 7.13. The lowest BCUT2D eigenvalue weighted by Crippen LogP contribution is -2.22. The molecule has 2 N–H and O–H groups in total. The minimum absolute atomic E-state index is 0.0182. The Labute approximate surface area is 261 Å². The van der Waals surface area contributed by atoms with Crippen molar-refractivity contribution in [1.82, 2.24) is 0 Å². The topological polar surface area (TPSA) is 136 Å². The molecule has 0 spiro atoms. The van der Waals surface area contributed by atoms with Crippen LogP contribution in [-0.2, 0) is 4.74 Å². The van der Waals surface area contributed by atoms with Gasteiger partial charge in [-0.15, -0.1) is 0 Å². The van der Waals surface area contributed by atoms with Crippen LogP contribution in [0.15, 0.2) is 84.9 Å². The molecule has 0 atom stereocenters. The maximum absolute atomic E-state index is 14.2. The fourth-order valence-corrected chi connectivity index (χ4v) is 4.73. The van der Waals surface area contributed by atoms with Gasteiger partial charge in [-0.2, -0.15) is 0 Å². The van der Waals surface area contributed by atoms with Gasteiger partial charge in [0.15, 0.2) is 23.1 Å². The van der Waals surface area contributed by atoms with E-state index in [0.29, 0.717) is 12.2 Å². The highest BCUT2D eigenvalue weighted by molar-refractivity contribution is 6.24. The number of unbranched alkanes of at least 4 members (excludes halogenated alkanes) is 4. The van der Waals surface area contributed by atoms with Crippen LogP contribution in [0.3, 0.4) is 0 Å². The van der Waals surface area contributed by atoms with Crippen molar-refractivity contribution in [2.45, 2.75) is 39.0 Å². The number of benzene rings is 4. The number of methoxy groups -OCH3 is 1. The maximum atomic E-state index is 14.2. The Kier molecular flexibility index (Phi) is 11.1. The third-order valence-corrected chi connectivity index (χ3v) is 7.13. The lowest BCUT2D eigenvalue weighted by atomic mass is 9.88. The van der Waals surface area contributed by atoms with Crippen LogP contribution in [0.25, 0.3) is 0 Å². The predicted octanol–water partition coefficient (Wildman–Crippen LogP) is 6.91. The van der Waals surface area contributed by atoms with E-state index in [4.69, 9.17) is 14.2 Å². The number of ether oxygens (including phenoxy) is 3. The zero-order chi connectivity index (χ0) is 32.3. The number of carbonyl (C=O) groups is 4. The summed E-state index contributed by atoms with van der Waals surface area (Å²) in [4.78, 5) is 55.0. The fraction of sp³-hybridized carbons (Fsp3) is 0.222. The first-order chi connectivity index (χ1) is 21.8. The van der Waals surface area contributed by atoms with Crippen LogP contribution in [0.4, 0.5) is 0 Å². The quantitative estimate of drug-likeness (QED) is 0.0513. The average molecular weight is 611 g/mol. The van der Waals surface area contributed by atoms with Crippen molar-refractivity contribution >= 4 is 23.5 Å². The molecule has 0 amide bonds. The van der Waals surface area contributed by atoms with Crippen LogP contribution >= 0.6 is 0 Å². The average Bonchev–Trinajstić information content (AvgIpc) is 3.08. The number of phenols is 2. The zero-order valence-corrected chi connectivity index (χ0v) is 25.1. The molecule has 0 heterocycles. The van der Waals surface area contributed by atoms with Gasteiger partial charge in [0.05, 0.1) is 36.0 Å². The largest absolute Gasteiger partial charge is 0.504 e. The maximum Gasteiger partial charge on any atom is 0.343 e. The van der Waals surface area contributed by atoms with Gasteiger partial charge in [-0.3, -0.25) is 9.59 Å². The number of carbonyl (C=O) groups excluding carboxylic acids is 4. The third kappa shape index (κ3) is 7.56. The molecule has 0 aromatic heterocycles. The Bertz CT molecular complexity index is 1660. The Morgan fingerprint density at radius 3 is 1.76 bits per heavy atom. The van der Waals surface area contributed by atoms with Gasteiger partial charge in [-0.1, -0.05) is 81.1 Å². The van der Waals surface area contributed by atoms with Crippen molar-refractivity contribution in [3.8, 4) is 23.0 Å². The normalized spacial score (nSPS) is 10.6. The molecule has 4 aromatic carbocycles. The second kappa shape index (κ2) is 15.3. The molecule has 0 bridgehead atoms. The van der Waals surface area contributed by atoms with Crippen LogP contribution in [0.2, 0.25) is 0 Å².